The first-order valence-corrected chi connectivity index (χ1v) is 4.61. The molecule has 0 aliphatic heterocycles. The molecule has 4 N–H and O–H groups in total. The minimum Gasteiger partial charge on any atom is -0.329 e. The normalized spacial score (nSPS) is 12.3. The van der Waals surface area contributed by atoms with Crippen molar-refractivity contribution in [1.82, 2.24) is 0 Å². The number of rotatable bonds is 2. The topological polar surface area (TPSA) is 52.0 Å². The zero-order valence-electron chi connectivity index (χ0n) is 5.79. The summed E-state index contributed by atoms with van der Waals surface area (Å²) in [6.45, 7) is 0.499. The maximum Gasteiger partial charge on any atom is 0.0525 e. The van der Waals surface area contributed by atoms with Gasteiger partial charge in [-0.05, 0) is 27.4 Å². The Morgan fingerprint density at radius 1 is 1.64 bits per heavy atom. The molecule has 1 atom stereocenters. The summed E-state index contributed by atoms with van der Waals surface area (Å²) >= 11 is 5.01. The minimum atomic E-state index is -0.0191. The van der Waals surface area contributed by atoms with Crippen LogP contribution in [0.5, 0.6) is 0 Å². The number of nitrogens with two attached hydrogens (primary N) is 2. The fraction of sp³-hybridized carbons (Fsp3) is 0.333. The Bertz CT molecular complexity index is 216. The molecule has 2 nitrogen and oxygen atoms in total. The summed E-state index contributed by atoms with van der Waals surface area (Å²) in [5.74, 6) is 0. The van der Waals surface area contributed by atoms with Crippen molar-refractivity contribution in [2.75, 3.05) is 6.54 Å². The van der Waals surface area contributed by atoms with Crippen LogP contribution in [0.25, 0.3) is 0 Å². The summed E-state index contributed by atoms with van der Waals surface area (Å²) in [4.78, 5) is 1.13. The molecule has 0 saturated carbocycles. The van der Waals surface area contributed by atoms with Crippen molar-refractivity contribution in [2.24, 2.45) is 11.5 Å². The maximum atomic E-state index is 5.69. The van der Waals surface area contributed by atoms with Crippen molar-refractivity contribution in [3.05, 3.63) is 20.8 Å². The molecule has 0 fully saturated rings. The molecular weight excluding hydrogens is 248 g/mol. The molecule has 1 aromatic rings. The number of halogens is 2. The van der Waals surface area contributed by atoms with E-state index in [1.165, 1.54) is 0 Å². The zero-order valence-corrected chi connectivity index (χ0v) is 9.01. The van der Waals surface area contributed by atoms with Crippen LogP contribution >= 0.6 is 39.7 Å². The van der Waals surface area contributed by atoms with Crippen LogP contribution in [-0.2, 0) is 0 Å². The Labute approximate surface area is 84.5 Å². The third-order valence-corrected chi connectivity index (χ3v) is 3.24. The van der Waals surface area contributed by atoms with Gasteiger partial charge in [-0.3, -0.25) is 0 Å². The number of hydrogen-bond acceptors (Lipinski definition) is 3. The lowest BCUT2D eigenvalue weighted by Crippen LogP contribution is -2.19. The van der Waals surface area contributed by atoms with Crippen LogP contribution in [-0.4, -0.2) is 6.54 Å². The van der Waals surface area contributed by atoms with E-state index in [1.807, 2.05) is 11.4 Å². The summed E-state index contributed by atoms with van der Waals surface area (Å²) in [7, 11) is 0. The predicted molar refractivity (Wildman–Crippen MR) is 55.2 cm³/mol. The van der Waals surface area contributed by atoms with Crippen molar-refractivity contribution in [2.45, 2.75) is 6.04 Å². The van der Waals surface area contributed by atoms with Crippen LogP contribution < -0.4 is 11.5 Å². The second-order valence-electron chi connectivity index (χ2n) is 1.97. The first kappa shape index (κ1) is 11.4. The van der Waals surface area contributed by atoms with E-state index in [4.69, 9.17) is 11.5 Å². The molecule has 0 amide bonds. The van der Waals surface area contributed by atoms with Crippen LogP contribution in [0.3, 0.4) is 0 Å². The fourth-order valence-corrected chi connectivity index (χ4v) is 2.36. The van der Waals surface area contributed by atoms with Gasteiger partial charge in [-0.2, -0.15) is 0 Å². The van der Waals surface area contributed by atoms with Gasteiger partial charge in [0.25, 0.3) is 0 Å². The van der Waals surface area contributed by atoms with Crippen molar-refractivity contribution in [3.8, 4) is 0 Å². The first-order valence-electron chi connectivity index (χ1n) is 2.94. The third-order valence-electron chi connectivity index (χ3n) is 1.24. The molecule has 0 aromatic carbocycles. The summed E-state index contributed by atoms with van der Waals surface area (Å²) in [5.41, 5.74) is 11.1. The van der Waals surface area contributed by atoms with Crippen LogP contribution in [0.4, 0.5) is 0 Å². The van der Waals surface area contributed by atoms with E-state index >= 15 is 0 Å². The average Bonchev–Trinajstić information content (AvgIpc) is 2.34. The number of hydrogen-bond donors (Lipinski definition) is 2. The molecule has 0 aliphatic carbocycles. The Morgan fingerprint density at radius 3 is 2.64 bits per heavy atom. The van der Waals surface area contributed by atoms with Crippen LogP contribution in [0.1, 0.15) is 10.9 Å². The smallest absolute Gasteiger partial charge is 0.0525 e. The lowest BCUT2D eigenvalue weighted by Gasteiger charge is -2.05. The number of thiophene rings is 1. The third kappa shape index (κ3) is 2.72. The quantitative estimate of drug-likeness (QED) is 0.850. The average molecular weight is 258 g/mol. The van der Waals surface area contributed by atoms with Gasteiger partial charge in [0, 0.05) is 15.9 Å². The van der Waals surface area contributed by atoms with Crippen molar-refractivity contribution in [3.63, 3.8) is 0 Å². The molecule has 0 unspecified atom stereocenters. The van der Waals surface area contributed by atoms with Crippen LogP contribution in [0.2, 0.25) is 0 Å². The van der Waals surface area contributed by atoms with Crippen LogP contribution in [0.15, 0.2) is 15.9 Å². The summed E-state index contributed by atoms with van der Waals surface area (Å²) in [5, 5.41) is 1.99. The van der Waals surface area contributed by atoms with E-state index in [0.717, 1.165) is 9.35 Å². The lowest BCUT2D eigenvalue weighted by atomic mass is 10.3. The Hall–Kier alpha value is 0.390. The Morgan fingerprint density at radius 2 is 2.27 bits per heavy atom. The van der Waals surface area contributed by atoms with Gasteiger partial charge in [0.15, 0.2) is 0 Å². The monoisotopic (exact) mass is 256 g/mol. The van der Waals surface area contributed by atoms with Gasteiger partial charge < -0.3 is 11.5 Å². The minimum absolute atomic E-state index is 0. The second-order valence-corrected chi connectivity index (χ2v) is 3.78. The highest BCUT2D eigenvalue weighted by atomic mass is 79.9. The van der Waals surface area contributed by atoms with Crippen molar-refractivity contribution in [1.29, 1.82) is 0 Å². The van der Waals surface area contributed by atoms with E-state index in [1.54, 1.807) is 11.3 Å². The highest BCUT2D eigenvalue weighted by Crippen LogP contribution is 2.26. The Balaban J connectivity index is 0.000001000. The molecule has 1 aromatic heterocycles. The van der Waals surface area contributed by atoms with E-state index < -0.39 is 0 Å². The van der Waals surface area contributed by atoms with E-state index in [-0.39, 0.29) is 18.4 Å². The lowest BCUT2D eigenvalue weighted by molar-refractivity contribution is 0.749. The summed E-state index contributed by atoms with van der Waals surface area (Å²) < 4.78 is 1.07. The molecule has 0 radical (unpaired) electrons. The molecule has 0 saturated heterocycles. The maximum absolute atomic E-state index is 5.69. The van der Waals surface area contributed by atoms with E-state index in [0.29, 0.717) is 6.54 Å². The largest absolute Gasteiger partial charge is 0.329 e. The molecule has 5 heteroatoms. The van der Waals surface area contributed by atoms with Gasteiger partial charge in [0.05, 0.1) is 6.04 Å². The highest BCUT2D eigenvalue weighted by molar-refractivity contribution is 9.10. The van der Waals surface area contributed by atoms with E-state index in [9.17, 15) is 0 Å². The Kier molecular flexibility index (Phi) is 5.29. The molecular formula is C6H10BrClN2S. The molecule has 64 valence electrons. The fourth-order valence-electron chi connectivity index (χ4n) is 0.677. The summed E-state index contributed by atoms with van der Waals surface area (Å²) in [6.07, 6.45) is 0. The molecule has 0 aliphatic rings. The van der Waals surface area contributed by atoms with Gasteiger partial charge in [-0.25, -0.2) is 0 Å². The molecule has 0 bridgehead atoms. The van der Waals surface area contributed by atoms with Crippen LogP contribution in [0, 0.1) is 0 Å². The SMILES string of the molecule is Cl.NC[C@H](N)c1sccc1Br. The predicted octanol–water partition coefficient (Wildman–Crippen LogP) is 1.89. The van der Waals surface area contributed by atoms with Crippen molar-refractivity contribution >= 4 is 39.7 Å². The standard InChI is InChI=1S/C6H9BrN2S.ClH/c7-4-1-2-10-6(4)5(9)3-8;/h1-2,5H,3,8-9H2;1H/t5-;/m0./s1. The van der Waals surface area contributed by atoms with Gasteiger partial charge >= 0.3 is 0 Å². The van der Waals surface area contributed by atoms with Gasteiger partial charge in [0.2, 0.25) is 0 Å². The van der Waals surface area contributed by atoms with Crippen molar-refractivity contribution < 1.29 is 0 Å². The second kappa shape index (κ2) is 5.11. The molecule has 11 heavy (non-hydrogen) atoms. The van der Waals surface area contributed by atoms with E-state index in [2.05, 4.69) is 15.9 Å². The van der Waals surface area contributed by atoms with Gasteiger partial charge in [0.1, 0.15) is 0 Å². The zero-order chi connectivity index (χ0) is 7.56. The molecule has 0 spiro atoms. The molecule has 1 rings (SSSR count). The van der Waals surface area contributed by atoms with Gasteiger partial charge in [-0.15, -0.1) is 23.7 Å². The summed E-state index contributed by atoms with van der Waals surface area (Å²) in [6, 6.07) is 1.96. The highest BCUT2D eigenvalue weighted by Gasteiger charge is 2.07. The first-order chi connectivity index (χ1) is 4.75. The molecule has 1 heterocycles. The van der Waals surface area contributed by atoms with Gasteiger partial charge in [-0.1, -0.05) is 0 Å².